The van der Waals surface area contributed by atoms with E-state index in [2.05, 4.69) is 19.1 Å². The Morgan fingerprint density at radius 2 is 2.33 bits per heavy atom. The third-order valence-corrected chi connectivity index (χ3v) is 2.05. The molecule has 0 heterocycles. The van der Waals surface area contributed by atoms with Crippen molar-refractivity contribution >= 4 is 0 Å². The summed E-state index contributed by atoms with van der Waals surface area (Å²) in [5.41, 5.74) is 0. The highest BCUT2D eigenvalue weighted by molar-refractivity contribution is 4.91. The van der Waals surface area contributed by atoms with Crippen LogP contribution in [0.25, 0.3) is 0 Å². The highest BCUT2D eigenvalue weighted by Gasteiger charge is 2.12. The Balaban J connectivity index is 2.35. The third kappa shape index (κ3) is 1.85. The van der Waals surface area contributed by atoms with Gasteiger partial charge in [0.05, 0.1) is 0 Å². The highest BCUT2D eigenvalue weighted by atomic mass is 14.2. The number of rotatable bonds is 1. The van der Waals surface area contributed by atoms with Crippen LogP contribution in [0.2, 0.25) is 0 Å². The molecule has 0 aliphatic heterocycles. The summed E-state index contributed by atoms with van der Waals surface area (Å²) in [6.07, 6.45) is 8.20. The molecule has 1 aliphatic carbocycles. The SMILES string of the molecule is [CH]C(C)C1CC=CCC1. The maximum absolute atomic E-state index is 5.73. The Bertz CT molecular complexity index is 101. The zero-order valence-corrected chi connectivity index (χ0v) is 6.01. The van der Waals surface area contributed by atoms with E-state index in [-0.39, 0.29) is 0 Å². The maximum atomic E-state index is 5.73. The summed E-state index contributed by atoms with van der Waals surface area (Å²) in [7, 11) is 0. The minimum Gasteiger partial charge on any atom is -0.0885 e. The van der Waals surface area contributed by atoms with Crippen molar-refractivity contribution in [3.05, 3.63) is 19.1 Å². The van der Waals surface area contributed by atoms with Gasteiger partial charge >= 0.3 is 0 Å². The molecule has 2 unspecified atom stereocenters. The minimum atomic E-state index is 0.384. The molecular formula is C9H14. The van der Waals surface area contributed by atoms with E-state index >= 15 is 0 Å². The lowest BCUT2D eigenvalue weighted by atomic mass is 9.85. The van der Waals surface area contributed by atoms with E-state index in [9.17, 15) is 0 Å². The molecule has 0 saturated carbocycles. The van der Waals surface area contributed by atoms with Gasteiger partial charge in [-0.15, -0.1) is 0 Å². The minimum absolute atomic E-state index is 0.384. The predicted molar refractivity (Wildman–Crippen MR) is 39.9 cm³/mol. The molecular weight excluding hydrogens is 108 g/mol. The summed E-state index contributed by atoms with van der Waals surface area (Å²) in [6, 6.07) is 0. The molecule has 0 N–H and O–H groups in total. The van der Waals surface area contributed by atoms with E-state index in [4.69, 9.17) is 6.92 Å². The van der Waals surface area contributed by atoms with Crippen LogP contribution in [0.5, 0.6) is 0 Å². The normalized spacial score (nSPS) is 27.2. The average Bonchev–Trinajstić information content (AvgIpc) is 1.90. The van der Waals surface area contributed by atoms with Crippen LogP contribution < -0.4 is 0 Å². The smallest absolute Gasteiger partial charge is 0.0318 e. The first-order valence-corrected chi connectivity index (χ1v) is 3.71. The molecule has 2 radical (unpaired) electrons. The third-order valence-electron chi connectivity index (χ3n) is 2.05. The second-order valence-corrected chi connectivity index (χ2v) is 2.90. The molecule has 0 spiro atoms. The summed E-state index contributed by atoms with van der Waals surface area (Å²) >= 11 is 0. The van der Waals surface area contributed by atoms with Crippen molar-refractivity contribution in [3.63, 3.8) is 0 Å². The van der Waals surface area contributed by atoms with Gasteiger partial charge in [-0.3, -0.25) is 0 Å². The van der Waals surface area contributed by atoms with Crippen molar-refractivity contribution in [1.82, 2.24) is 0 Å². The van der Waals surface area contributed by atoms with Crippen molar-refractivity contribution in [2.24, 2.45) is 11.8 Å². The molecule has 50 valence electrons. The Morgan fingerprint density at radius 1 is 1.56 bits per heavy atom. The van der Waals surface area contributed by atoms with Gasteiger partial charge in [0, 0.05) is 0 Å². The predicted octanol–water partition coefficient (Wildman–Crippen LogP) is 2.69. The van der Waals surface area contributed by atoms with Crippen molar-refractivity contribution in [2.45, 2.75) is 26.2 Å². The van der Waals surface area contributed by atoms with E-state index in [0.29, 0.717) is 5.92 Å². The van der Waals surface area contributed by atoms with Crippen molar-refractivity contribution in [1.29, 1.82) is 0 Å². The summed E-state index contributed by atoms with van der Waals surface area (Å²) in [5, 5.41) is 0. The van der Waals surface area contributed by atoms with Crippen LogP contribution in [-0.2, 0) is 0 Å². The molecule has 1 aliphatic rings. The van der Waals surface area contributed by atoms with Gasteiger partial charge in [0.2, 0.25) is 0 Å². The Morgan fingerprint density at radius 3 is 2.67 bits per heavy atom. The fourth-order valence-electron chi connectivity index (χ4n) is 1.29. The van der Waals surface area contributed by atoms with Gasteiger partial charge in [-0.05, 0) is 38.0 Å². The molecule has 0 heteroatoms. The van der Waals surface area contributed by atoms with Crippen LogP contribution in [0.4, 0.5) is 0 Å². The lowest BCUT2D eigenvalue weighted by Gasteiger charge is -2.20. The van der Waals surface area contributed by atoms with Crippen LogP contribution >= 0.6 is 0 Å². The molecule has 1 rings (SSSR count). The topological polar surface area (TPSA) is 0 Å². The molecule has 0 aromatic heterocycles. The molecule has 0 aromatic carbocycles. The average molecular weight is 122 g/mol. The molecule has 0 aromatic rings. The number of hydrogen-bond acceptors (Lipinski definition) is 0. The van der Waals surface area contributed by atoms with Crippen LogP contribution in [0.1, 0.15) is 26.2 Å². The standard InChI is InChI=1S/C9H14/c1-8(2)9-6-4-3-5-7-9/h1,3-4,8-9H,5-7H2,2H3. The molecule has 0 amide bonds. The molecule has 2 atom stereocenters. The maximum Gasteiger partial charge on any atom is -0.0318 e. The van der Waals surface area contributed by atoms with Gasteiger partial charge in [0.1, 0.15) is 0 Å². The number of allylic oxidation sites excluding steroid dienone is 2. The Hall–Kier alpha value is -0.260. The van der Waals surface area contributed by atoms with Crippen LogP contribution in [0.15, 0.2) is 12.2 Å². The molecule has 0 nitrogen and oxygen atoms in total. The molecule has 9 heavy (non-hydrogen) atoms. The van der Waals surface area contributed by atoms with E-state index < -0.39 is 0 Å². The monoisotopic (exact) mass is 122 g/mol. The van der Waals surface area contributed by atoms with Gasteiger partial charge in [-0.2, -0.15) is 0 Å². The van der Waals surface area contributed by atoms with E-state index in [1.165, 1.54) is 19.3 Å². The first-order chi connectivity index (χ1) is 4.30. The zero-order chi connectivity index (χ0) is 6.69. The largest absolute Gasteiger partial charge is 0.0885 e. The summed E-state index contributed by atoms with van der Waals surface area (Å²) in [4.78, 5) is 0. The lowest BCUT2D eigenvalue weighted by molar-refractivity contribution is 0.385. The Kier molecular flexibility index (Phi) is 2.32. The van der Waals surface area contributed by atoms with Crippen molar-refractivity contribution in [3.8, 4) is 0 Å². The lowest BCUT2D eigenvalue weighted by Crippen LogP contribution is -2.09. The number of hydrogen-bond donors (Lipinski definition) is 0. The van der Waals surface area contributed by atoms with Crippen molar-refractivity contribution < 1.29 is 0 Å². The molecule has 0 bridgehead atoms. The van der Waals surface area contributed by atoms with Gasteiger partial charge in [-0.1, -0.05) is 19.1 Å². The highest BCUT2D eigenvalue weighted by Crippen LogP contribution is 2.24. The van der Waals surface area contributed by atoms with Crippen LogP contribution in [0, 0.1) is 18.8 Å². The fourth-order valence-corrected chi connectivity index (χ4v) is 1.29. The van der Waals surface area contributed by atoms with E-state index in [0.717, 1.165) is 5.92 Å². The second kappa shape index (κ2) is 3.05. The zero-order valence-electron chi connectivity index (χ0n) is 6.01. The van der Waals surface area contributed by atoms with Crippen LogP contribution in [0.3, 0.4) is 0 Å². The quantitative estimate of drug-likeness (QED) is 0.469. The Labute approximate surface area is 58.0 Å². The van der Waals surface area contributed by atoms with Gasteiger partial charge in [0.15, 0.2) is 0 Å². The molecule has 0 saturated heterocycles. The summed E-state index contributed by atoms with van der Waals surface area (Å²) in [5.74, 6) is 1.13. The van der Waals surface area contributed by atoms with E-state index in [1.807, 2.05) is 0 Å². The summed E-state index contributed by atoms with van der Waals surface area (Å²) in [6.45, 7) is 7.83. The molecule has 0 fully saturated rings. The van der Waals surface area contributed by atoms with Gasteiger partial charge in [0.25, 0.3) is 0 Å². The van der Waals surface area contributed by atoms with Crippen molar-refractivity contribution in [2.75, 3.05) is 0 Å². The van der Waals surface area contributed by atoms with Gasteiger partial charge < -0.3 is 0 Å². The van der Waals surface area contributed by atoms with Crippen LogP contribution in [-0.4, -0.2) is 0 Å². The fraction of sp³-hybridized carbons (Fsp3) is 0.667. The van der Waals surface area contributed by atoms with Gasteiger partial charge in [-0.25, -0.2) is 0 Å². The van der Waals surface area contributed by atoms with E-state index in [1.54, 1.807) is 0 Å². The second-order valence-electron chi connectivity index (χ2n) is 2.90. The first kappa shape index (κ1) is 6.85. The summed E-state index contributed by atoms with van der Waals surface area (Å²) < 4.78 is 0. The first-order valence-electron chi connectivity index (χ1n) is 3.71.